The van der Waals surface area contributed by atoms with Crippen molar-refractivity contribution < 1.29 is 17.9 Å². The minimum atomic E-state index is -3.45. The molecule has 7 nitrogen and oxygen atoms in total. The molecule has 2 rings (SSSR count). The number of hydrogen-bond donors (Lipinski definition) is 1. The van der Waals surface area contributed by atoms with E-state index in [4.69, 9.17) is 4.74 Å². The molecule has 0 fully saturated rings. The summed E-state index contributed by atoms with van der Waals surface area (Å²) < 4.78 is 29.8. The fraction of sp³-hybridized carbons (Fsp3) is 0.500. The van der Waals surface area contributed by atoms with E-state index in [1.807, 2.05) is 25.1 Å². The highest BCUT2D eigenvalue weighted by Crippen LogP contribution is 2.28. The van der Waals surface area contributed by atoms with E-state index in [-0.39, 0.29) is 21.1 Å². The predicted molar refractivity (Wildman–Crippen MR) is 106 cm³/mol. The van der Waals surface area contributed by atoms with Crippen molar-refractivity contribution in [3.8, 4) is 5.75 Å². The molecule has 1 atom stereocenters. The molecule has 0 saturated carbocycles. The first-order valence-electron chi connectivity index (χ1n) is 8.78. The van der Waals surface area contributed by atoms with Gasteiger partial charge in [-0.25, -0.2) is 8.42 Å². The van der Waals surface area contributed by atoms with Crippen LogP contribution in [0.1, 0.15) is 51.2 Å². The number of nitrogens with one attached hydrogen (secondary N) is 1. The molecule has 0 aliphatic rings. The highest BCUT2D eigenvalue weighted by molar-refractivity contribution is 7.93. The number of rotatable bonds is 8. The zero-order chi connectivity index (χ0) is 20.2. The molecular weight excluding hydrogens is 386 g/mol. The topological polar surface area (TPSA) is 98.3 Å². The minimum Gasteiger partial charge on any atom is -0.481 e. The van der Waals surface area contributed by atoms with Gasteiger partial charge in [0.25, 0.3) is 5.91 Å². The fourth-order valence-corrected chi connectivity index (χ4v) is 4.77. The molecule has 1 N–H and O–H groups in total. The molecule has 1 amide bonds. The van der Waals surface area contributed by atoms with E-state index in [1.165, 1.54) is 0 Å². The second kappa shape index (κ2) is 8.79. The number of aromatic nitrogens is 2. The van der Waals surface area contributed by atoms with Gasteiger partial charge in [-0.2, -0.15) is 0 Å². The lowest BCUT2D eigenvalue weighted by molar-refractivity contribution is -0.122. The van der Waals surface area contributed by atoms with Crippen molar-refractivity contribution in [2.24, 2.45) is 0 Å². The van der Waals surface area contributed by atoms with Gasteiger partial charge in [0, 0.05) is 0 Å². The second-order valence-corrected chi connectivity index (χ2v) is 9.90. The molecule has 2 aromatic rings. The van der Waals surface area contributed by atoms with Gasteiger partial charge in [0.15, 0.2) is 6.10 Å². The van der Waals surface area contributed by atoms with Crippen molar-refractivity contribution in [3.63, 3.8) is 0 Å². The highest BCUT2D eigenvalue weighted by atomic mass is 32.2. The van der Waals surface area contributed by atoms with Crippen LogP contribution in [0.4, 0.5) is 5.13 Å². The molecule has 1 aromatic carbocycles. The molecule has 0 aliphatic heterocycles. The molecule has 0 bridgehead atoms. The Hall–Kier alpha value is -2.00. The van der Waals surface area contributed by atoms with Crippen LogP contribution in [-0.2, 0) is 14.6 Å². The van der Waals surface area contributed by atoms with Crippen LogP contribution in [0, 0.1) is 6.92 Å². The number of carbonyl (C=O) groups is 1. The Morgan fingerprint density at radius 3 is 2.59 bits per heavy atom. The third-order valence-corrected chi connectivity index (χ3v) is 7.04. The number of benzene rings is 1. The van der Waals surface area contributed by atoms with E-state index in [0.29, 0.717) is 12.2 Å². The summed E-state index contributed by atoms with van der Waals surface area (Å²) >= 11 is 0.845. The second-order valence-electron chi connectivity index (χ2n) is 6.64. The normalized spacial score (nSPS) is 12.8. The zero-order valence-electron chi connectivity index (χ0n) is 16.1. The lowest BCUT2D eigenvalue weighted by Gasteiger charge is -2.18. The predicted octanol–water partition coefficient (Wildman–Crippen LogP) is 3.56. The number of anilines is 1. The molecular formula is C18H25N3O4S2. The number of nitrogens with zero attached hydrogens (tertiary/aromatic N) is 2. The van der Waals surface area contributed by atoms with E-state index in [1.54, 1.807) is 13.8 Å². The Morgan fingerprint density at radius 2 is 1.96 bits per heavy atom. The Morgan fingerprint density at radius 1 is 1.26 bits per heavy atom. The Bertz CT molecular complexity index is 907. The van der Waals surface area contributed by atoms with E-state index in [0.717, 1.165) is 22.5 Å². The number of hydrogen-bond acceptors (Lipinski definition) is 7. The van der Waals surface area contributed by atoms with E-state index < -0.39 is 21.8 Å². The molecule has 27 heavy (non-hydrogen) atoms. The van der Waals surface area contributed by atoms with Crippen molar-refractivity contribution in [2.45, 2.75) is 57.4 Å². The van der Waals surface area contributed by atoms with Gasteiger partial charge in [0.2, 0.25) is 19.3 Å². The molecule has 0 saturated heterocycles. The van der Waals surface area contributed by atoms with Crippen molar-refractivity contribution >= 4 is 32.2 Å². The van der Waals surface area contributed by atoms with Crippen molar-refractivity contribution in [3.05, 3.63) is 29.3 Å². The number of ether oxygens (including phenoxy) is 1. The standard InChI is InChI=1S/C18H25N3O4S2/c1-6-9-27(23,24)18-21-20-17(26-18)19-16(22)13(5)25-15-10-12(4)7-8-14(15)11(2)3/h7-8,10-11,13H,6,9H2,1-5H3,(H,19,20,22). The van der Waals surface area contributed by atoms with Gasteiger partial charge in [-0.15, -0.1) is 10.2 Å². The van der Waals surface area contributed by atoms with E-state index in [9.17, 15) is 13.2 Å². The van der Waals surface area contributed by atoms with E-state index >= 15 is 0 Å². The van der Waals surface area contributed by atoms with Crippen LogP contribution < -0.4 is 10.1 Å². The van der Waals surface area contributed by atoms with Crippen LogP contribution in [0.25, 0.3) is 0 Å². The first-order chi connectivity index (χ1) is 12.6. The van der Waals surface area contributed by atoms with Crippen LogP contribution in [0.15, 0.2) is 22.5 Å². The summed E-state index contributed by atoms with van der Waals surface area (Å²) in [5, 5.41) is 10.1. The maximum absolute atomic E-state index is 12.4. The van der Waals surface area contributed by atoms with Gasteiger partial charge in [-0.1, -0.05) is 44.2 Å². The van der Waals surface area contributed by atoms with Gasteiger partial charge in [-0.05, 0) is 43.4 Å². The number of aryl methyl sites for hydroxylation is 1. The summed E-state index contributed by atoms with van der Waals surface area (Å²) in [6, 6.07) is 5.90. The molecule has 148 valence electrons. The van der Waals surface area contributed by atoms with Gasteiger partial charge >= 0.3 is 0 Å². The maximum Gasteiger partial charge on any atom is 0.266 e. The lowest BCUT2D eigenvalue weighted by Crippen LogP contribution is -2.30. The summed E-state index contributed by atoms with van der Waals surface area (Å²) in [7, 11) is -3.45. The molecule has 0 aliphatic carbocycles. The van der Waals surface area contributed by atoms with Gasteiger partial charge in [0.05, 0.1) is 5.75 Å². The molecule has 0 radical (unpaired) electrons. The van der Waals surface area contributed by atoms with Gasteiger partial charge in [0.1, 0.15) is 5.75 Å². The SMILES string of the molecule is CCCS(=O)(=O)c1nnc(NC(=O)C(C)Oc2cc(C)ccc2C(C)C)s1. The molecule has 0 spiro atoms. The van der Waals surface area contributed by atoms with Crippen LogP contribution in [0.3, 0.4) is 0 Å². The van der Waals surface area contributed by atoms with Gasteiger partial charge in [-0.3, -0.25) is 10.1 Å². The summed E-state index contributed by atoms with van der Waals surface area (Å²) in [6.45, 7) is 9.49. The summed E-state index contributed by atoms with van der Waals surface area (Å²) in [4.78, 5) is 12.4. The molecule has 1 heterocycles. The summed E-state index contributed by atoms with van der Waals surface area (Å²) in [5.41, 5.74) is 2.06. The highest BCUT2D eigenvalue weighted by Gasteiger charge is 2.22. The van der Waals surface area contributed by atoms with Crippen molar-refractivity contribution in [1.29, 1.82) is 0 Å². The van der Waals surface area contributed by atoms with Crippen LogP contribution >= 0.6 is 11.3 Å². The first kappa shape index (κ1) is 21.3. The van der Waals surface area contributed by atoms with Gasteiger partial charge < -0.3 is 4.74 Å². The third kappa shape index (κ3) is 5.49. The maximum atomic E-state index is 12.4. The molecule has 1 unspecified atom stereocenters. The van der Waals surface area contributed by atoms with Crippen LogP contribution in [0.2, 0.25) is 0 Å². The lowest BCUT2D eigenvalue weighted by atomic mass is 10.0. The van der Waals surface area contributed by atoms with Crippen LogP contribution in [0.5, 0.6) is 5.75 Å². The first-order valence-corrected chi connectivity index (χ1v) is 11.2. The number of carbonyl (C=O) groups excluding carboxylic acids is 1. The van der Waals surface area contributed by atoms with Crippen molar-refractivity contribution in [1.82, 2.24) is 10.2 Å². The third-order valence-electron chi connectivity index (χ3n) is 3.84. The quantitative estimate of drug-likeness (QED) is 0.667. The monoisotopic (exact) mass is 411 g/mol. The number of sulfone groups is 1. The summed E-state index contributed by atoms with van der Waals surface area (Å²) in [5.74, 6) is 0.503. The Kier molecular flexibility index (Phi) is 6.94. The van der Waals surface area contributed by atoms with Crippen LogP contribution in [-0.4, -0.2) is 36.4 Å². The largest absolute Gasteiger partial charge is 0.481 e. The average molecular weight is 412 g/mol. The zero-order valence-corrected chi connectivity index (χ0v) is 17.8. The minimum absolute atomic E-state index is 0.000428. The Labute approximate surface area is 164 Å². The van der Waals surface area contributed by atoms with Crippen molar-refractivity contribution in [2.75, 3.05) is 11.1 Å². The molecule has 9 heteroatoms. The molecule has 1 aromatic heterocycles. The smallest absolute Gasteiger partial charge is 0.266 e. The Balaban J connectivity index is 2.09. The van der Waals surface area contributed by atoms with E-state index in [2.05, 4.69) is 29.4 Å². The summed E-state index contributed by atoms with van der Waals surface area (Å²) in [6.07, 6.45) is -0.285. The number of amides is 1. The fourth-order valence-electron chi connectivity index (χ4n) is 2.41. The average Bonchev–Trinajstić information content (AvgIpc) is 3.04.